The van der Waals surface area contributed by atoms with Crippen molar-refractivity contribution >= 4 is 29.1 Å². The molecule has 9 heteroatoms. The predicted octanol–water partition coefficient (Wildman–Crippen LogP) is 2.61. The fraction of sp³-hybridized carbons (Fsp3) is 0.318. The first kappa shape index (κ1) is 21.9. The van der Waals surface area contributed by atoms with E-state index in [2.05, 4.69) is 20.1 Å². The lowest BCUT2D eigenvalue weighted by Gasteiger charge is -2.10. The monoisotopic (exact) mass is 423 g/mol. The Balaban J connectivity index is 1.84. The molecule has 1 aromatic carbocycles. The summed E-state index contributed by atoms with van der Waals surface area (Å²) in [6.07, 6.45) is 0.0875. The molecule has 0 radical (unpaired) electrons. The topological polar surface area (TPSA) is 106 Å². The molecular weight excluding hydrogens is 398 g/mol. The van der Waals surface area contributed by atoms with Crippen LogP contribution in [0.15, 0.2) is 30.3 Å². The number of benzene rings is 1. The molecule has 31 heavy (non-hydrogen) atoms. The zero-order valence-electron chi connectivity index (χ0n) is 18.2. The first-order valence-corrected chi connectivity index (χ1v) is 9.76. The zero-order valence-corrected chi connectivity index (χ0v) is 18.2. The van der Waals surface area contributed by atoms with Crippen LogP contribution in [0.5, 0.6) is 0 Å². The molecule has 2 aromatic heterocycles. The molecule has 0 aliphatic rings. The molecule has 2 amide bonds. The molecule has 9 nitrogen and oxygen atoms in total. The maximum atomic E-state index is 12.3. The van der Waals surface area contributed by atoms with Crippen LogP contribution in [0.1, 0.15) is 34.6 Å². The Morgan fingerprint density at radius 3 is 2.48 bits per heavy atom. The summed E-state index contributed by atoms with van der Waals surface area (Å²) in [5.74, 6) is -0.854. The van der Waals surface area contributed by atoms with Gasteiger partial charge in [0.2, 0.25) is 5.91 Å². The number of aromatic nitrogens is 3. The third-order valence-corrected chi connectivity index (χ3v) is 4.80. The first-order valence-electron chi connectivity index (χ1n) is 9.76. The molecule has 0 spiro atoms. The van der Waals surface area contributed by atoms with E-state index in [-0.39, 0.29) is 24.7 Å². The van der Waals surface area contributed by atoms with E-state index in [0.717, 1.165) is 16.8 Å². The highest BCUT2D eigenvalue weighted by molar-refractivity contribution is 5.93. The number of nitrogens with one attached hydrogen (secondary N) is 1. The summed E-state index contributed by atoms with van der Waals surface area (Å²) >= 11 is 0. The first-order chi connectivity index (χ1) is 14.7. The number of methoxy groups -OCH3 is 1. The highest BCUT2D eigenvalue weighted by atomic mass is 16.5. The number of fused-ring (bicyclic) bond motifs is 1. The van der Waals surface area contributed by atoms with Gasteiger partial charge in [0.05, 0.1) is 19.2 Å². The van der Waals surface area contributed by atoms with E-state index < -0.39 is 5.97 Å². The van der Waals surface area contributed by atoms with E-state index in [4.69, 9.17) is 0 Å². The second-order valence-electron chi connectivity index (χ2n) is 7.44. The number of esters is 1. The van der Waals surface area contributed by atoms with Gasteiger partial charge in [-0.15, -0.1) is 0 Å². The summed E-state index contributed by atoms with van der Waals surface area (Å²) in [5.41, 5.74) is 4.89. The molecule has 0 aliphatic carbocycles. The normalized spacial score (nSPS) is 10.7. The third-order valence-electron chi connectivity index (χ3n) is 4.80. The molecule has 3 rings (SSSR count). The second kappa shape index (κ2) is 8.95. The van der Waals surface area contributed by atoms with Crippen LogP contribution >= 0.6 is 0 Å². The Morgan fingerprint density at radius 2 is 1.84 bits per heavy atom. The molecule has 3 aromatic rings. The number of hydrogen-bond acceptors (Lipinski definition) is 6. The number of nitrogens with zero attached hydrogens (tertiary/aromatic N) is 4. The molecule has 0 saturated carbocycles. The average molecular weight is 423 g/mol. The van der Waals surface area contributed by atoms with E-state index >= 15 is 0 Å². The Kier molecular flexibility index (Phi) is 6.33. The van der Waals surface area contributed by atoms with Crippen LogP contribution < -0.4 is 5.32 Å². The van der Waals surface area contributed by atoms with E-state index in [1.165, 1.54) is 12.0 Å². The predicted molar refractivity (Wildman–Crippen MR) is 116 cm³/mol. The number of carbonyl (C=O) groups excluding carboxylic acids is 3. The zero-order chi connectivity index (χ0) is 22.7. The quantitative estimate of drug-likeness (QED) is 0.611. The largest absolute Gasteiger partial charge is 0.469 e. The number of anilines is 1. The Labute approximate surface area is 180 Å². The minimum absolute atomic E-state index is 0.0330. The lowest BCUT2D eigenvalue weighted by molar-refractivity contribution is -0.141. The van der Waals surface area contributed by atoms with Crippen molar-refractivity contribution in [1.82, 2.24) is 19.5 Å². The van der Waals surface area contributed by atoms with E-state index in [9.17, 15) is 14.4 Å². The van der Waals surface area contributed by atoms with Gasteiger partial charge < -0.3 is 15.0 Å². The van der Waals surface area contributed by atoms with Gasteiger partial charge in [0, 0.05) is 43.5 Å². The standard InChI is InChI=1S/C22H25N5O4/c1-13-10-15(23-20(28)8-9-21(29)31-5)6-7-16(13)17-12-19-24-18(22(30)26(3)4)11-14(2)27(19)25-17/h6-7,10-12H,8-9H2,1-5H3,(H,23,28). The van der Waals surface area contributed by atoms with Gasteiger partial charge in [0.25, 0.3) is 5.91 Å². The third kappa shape index (κ3) is 4.88. The summed E-state index contributed by atoms with van der Waals surface area (Å²) in [6.45, 7) is 3.79. The lowest BCUT2D eigenvalue weighted by Crippen LogP contribution is -2.23. The van der Waals surface area contributed by atoms with Gasteiger partial charge in [-0.2, -0.15) is 5.10 Å². The highest BCUT2D eigenvalue weighted by Gasteiger charge is 2.16. The SMILES string of the molecule is COC(=O)CCC(=O)Nc1ccc(-c2cc3nc(C(=O)N(C)C)cc(C)n3n2)c(C)c1. The van der Waals surface area contributed by atoms with E-state index in [0.29, 0.717) is 22.7 Å². The van der Waals surface area contributed by atoms with Crippen molar-refractivity contribution in [2.24, 2.45) is 0 Å². The number of aryl methyl sites for hydroxylation is 2. The number of carbonyl (C=O) groups is 3. The Morgan fingerprint density at radius 1 is 1.10 bits per heavy atom. The smallest absolute Gasteiger partial charge is 0.306 e. The van der Waals surface area contributed by atoms with Crippen LogP contribution in [0.3, 0.4) is 0 Å². The van der Waals surface area contributed by atoms with Gasteiger partial charge >= 0.3 is 5.97 Å². The van der Waals surface area contributed by atoms with Crippen molar-refractivity contribution in [3.05, 3.63) is 47.3 Å². The summed E-state index contributed by atoms with van der Waals surface area (Å²) in [7, 11) is 4.66. The molecule has 0 atom stereocenters. The lowest BCUT2D eigenvalue weighted by atomic mass is 10.0. The van der Waals surface area contributed by atoms with Crippen molar-refractivity contribution in [2.75, 3.05) is 26.5 Å². The van der Waals surface area contributed by atoms with Crippen LogP contribution in [0.4, 0.5) is 5.69 Å². The van der Waals surface area contributed by atoms with Gasteiger partial charge in [-0.3, -0.25) is 14.4 Å². The molecule has 1 N–H and O–H groups in total. The van der Waals surface area contributed by atoms with Crippen LogP contribution in [-0.2, 0) is 14.3 Å². The number of rotatable bonds is 6. The van der Waals surface area contributed by atoms with Crippen molar-refractivity contribution in [1.29, 1.82) is 0 Å². The summed E-state index contributed by atoms with van der Waals surface area (Å²) in [5, 5.41) is 7.41. The number of amides is 2. The average Bonchev–Trinajstić information content (AvgIpc) is 3.15. The minimum atomic E-state index is -0.423. The maximum Gasteiger partial charge on any atom is 0.306 e. The second-order valence-corrected chi connectivity index (χ2v) is 7.44. The van der Waals surface area contributed by atoms with Gasteiger partial charge in [-0.05, 0) is 37.6 Å². The molecule has 0 unspecified atom stereocenters. The molecule has 2 heterocycles. The maximum absolute atomic E-state index is 12.3. The van der Waals surface area contributed by atoms with Crippen molar-refractivity contribution in [2.45, 2.75) is 26.7 Å². The fourth-order valence-electron chi connectivity index (χ4n) is 3.17. The van der Waals surface area contributed by atoms with E-state index in [1.54, 1.807) is 30.7 Å². The highest BCUT2D eigenvalue weighted by Crippen LogP contribution is 2.26. The summed E-state index contributed by atoms with van der Waals surface area (Å²) in [6, 6.07) is 9.04. The van der Waals surface area contributed by atoms with Crippen LogP contribution in [0, 0.1) is 13.8 Å². The summed E-state index contributed by atoms with van der Waals surface area (Å²) < 4.78 is 6.24. The fourth-order valence-corrected chi connectivity index (χ4v) is 3.17. The van der Waals surface area contributed by atoms with Crippen molar-refractivity contribution in [3.63, 3.8) is 0 Å². The van der Waals surface area contributed by atoms with Crippen LogP contribution in [0.25, 0.3) is 16.9 Å². The van der Waals surface area contributed by atoms with Gasteiger partial charge in [-0.1, -0.05) is 6.07 Å². The van der Waals surface area contributed by atoms with Gasteiger partial charge in [0.15, 0.2) is 5.65 Å². The molecule has 0 aliphatic heterocycles. The summed E-state index contributed by atoms with van der Waals surface area (Å²) in [4.78, 5) is 41.4. The molecule has 0 bridgehead atoms. The van der Waals surface area contributed by atoms with Gasteiger partial charge in [0.1, 0.15) is 5.69 Å². The molecular formula is C22H25N5O4. The van der Waals surface area contributed by atoms with Crippen LogP contribution in [-0.4, -0.2) is 58.5 Å². The Hall–Kier alpha value is -3.75. The molecule has 0 fully saturated rings. The van der Waals surface area contributed by atoms with Crippen LogP contribution in [0.2, 0.25) is 0 Å². The van der Waals surface area contributed by atoms with Crippen molar-refractivity contribution < 1.29 is 19.1 Å². The van der Waals surface area contributed by atoms with Crippen molar-refractivity contribution in [3.8, 4) is 11.3 Å². The van der Waals surface area contributed by atoms with E-state index in [1.807, 2.05) is 32.0 Å². The Bertz CT molecular complexity index is 1170. The van der Waals surface area contributed by atoms with Gasteiger partial charge in [-0.25, -0.2) is 9.50 Å². The number of ether oxygens (including phenoxy) is 1. The number of hydrogen-bond donors (Lipinski definition) is 1. The molecule has 0 saturated heterocycles. The minimum Gasteiger partial charge on any atom is -0.469 e. The molecule has 162 valence electrons.